The maximum atomic E-state index is 13.4. The molecule has 3 rings (SSSR count). The van der Waals surface area contributed by atoms with Gasteiger partial charge in [0.15, 0.2) is 0 Å². The van der Waals surface area contributed by atoms with Crippen molar-refractivity contribution in [1.82, 2.24) is 9.80 Å². The van der Waals surface area contributed by atoms with Crippen molar-refractivity contribution < 1.29 is 18.7 Å². The summed E-state index contributed by atoms with van der Waals surface area (Å²) >= 11 is 0. The lowest BCUT2D eigenvalue weighted by Gasteiger charge is -2.34. The van der Waals surface area contributed by atoms with Crippen LogP contribution in [0.15, 0.2) is 48.5 Å². The highest BCUT2D eigenvalue weighted by Crippen LogP contribution is 2.14. The summed E-state index contributed by atoms with van der Waals surface area (Å²) in [5, 5.41) is 0. The van der Waals surface area contributed by atoms with Gasteiger partial charge >= 0.3 is 6.09 Å². The third kappa shape index (κ3) is 4.20. The van der Waals surface area contributed by atoms with Gasteiger partial charge < -0.3 is 14.5 Å². The number of aryl methyl sites for hydroxylation is 1. The van der Waals surface area contributed by atoms with Crippen LogP contribution in [0, 0.1) is 12.7 Å². The number of amides is 2. The zero-order valence-corrected chi connectivity index (χ0v) is 14.7. The summed E-state index contributed by atoms with van der Waals surface area (Å²) in [4.78, 5) is 28.0. The highest BCUT2D eigenvalue weighted by atomic mass is 19.1. The molecule has 1 aliphatic rings. The van der Waals surface area contributed by atoms with Crippen LogP contribution in [0.25, 0.3) is 0 Å². The molecule has 0 saturated carbocycles. The van der Waals surface area contributed by atoms with Crippen LogP contribution in [0.4, 0.5) is 9.18 Å². The molecule has 1 fully saturated rings. The van der Waals surface area contributed by atoms with Gasteiger partial charge in [-0.15, -0.1) is 0 Å². The third-order valence-electron chi connectivity index (χ3n) is 4.44. The van der Waals surface area contributed by atoms with Crippen LogP contribution in [0.3, 0.4) is 0 Å². The normalized spacial score (nSPS) is 14.2. The maximum absolute atomic E-state index is 13.4. The highest BCUT2D eigenvalue weighted by molar-refractivity contribution is 5.94. The molecule has 0 bridgehead atoms. The molecule has 0 atom stereocenters. The quantitative estimate of drug-likeness (QED) is 0.848. The number of halogens is 1. The molecule has 1 saturated heterocycles. The van der Waals surface area contributed by atoms with E-state index in [1.54, 1.807) is 22.8 Å². The van der Waals surface area contributed by atoms with E-state index in [0.29, 0.717) is 37.3 Å². The highest BCUT2D eigenvalue weighted by Gasteiger charge is 2.25. The minimum atomic E-state index is -0.376. The lowest BCUT2D eigenvalue weighted by Crippen LogP contribution is -2.50. The summed E-state index contributed by atoms with van der Waals surface area (Å²) in [6, 6.07) is 13.8. The SMILES string of the molecule is Cc1cc(C(=O)N2CCN(C(=O)OCc3ccccc3)CC2)ccc1F. The molecule has 0 unspecified atom stereocenters. The summed E-state index contributed by atoms with van der Waals surface area (Å²) in [6.07, 6.45) is -0.376. The Balaban J connectivity index is 1.51. The van der Waals surface area contributed by atoms with Gasteiger partial charge in [0.05, 0.1) is 0 Å². The smallest absolute Gasteiger partial charge is 0.410 e. The second kappa shape index (κ2) is 7.99. The van der Waals surface area contributed by atoms with Crippen molar-refractivity contribution in [1.29, 1.82) is 0 Å². The Morgan fingerprint density at radius 2 is 1.65 bits per heavy atom. The van der Waals surface area contributed by atoms with Crippen LogP contribution < -0.4 is 0 Å². The summed E-state index contributed by atoms with van der Waals surface area (Å²) in [7, 11) is 0. The Morgan fingerprint density at radius 1 is 1.00 bits per heavy atom. The molecule has 5 nitrogen and oxygen atoms in total. The average Bonchev–Trinajstić information content (AvgIpc) is 2.68. The van der Waals surface area contributed by atoms with Crippen LogP contribution in [-0.4, -0.2) is 48.0 Å². The molecule has 0 spiro atoms. The number of carbonyl (C=O) groups is 2. The first-order valence-corrected chi connectivity index (χ1v) is 8.55. The van der Waals surface area contributed by atoms with Crippen LogP contribution in [-0.2, 0) is 11.3 Å². The predicted octanol–water partition coefficient (Wildman–Crippen LogP) is 3.23. The topological polar surface area (TPSA) is 49.9 Å². The van der Waals surface area contributed by atoms with Gasteiger partial charge in [-0.25, -0.2) is 9.18 Å². The molecule has 0 radical (unpaired) electrons. The Labute approximate surface area is 152 Å². The third-order valence-corrected chi connectivity index (χ3v) is 4.44. The Bertz CT molecular complexity index is 787. The molecule has 0 N–H and O–H groups in total. The van der Waals surface area contributed by atoms with Crippen molar-refractivity contribution in [2.45, 2.75) is 13.5 Å². The van der Waals surface area contributed by atoms with E-state index in [-0.39, 0.29) is 24.4 Å². The molecule has 26 heavy (non-hydrogen) atoms. The van der Waals surface area contributed by atoms with Crippen molar-refractivity contribution in [3.8, 4) is 0 Å². The van der Waals surface area contributed by atoms with Crippen molar-refractivity contribution in [3.63, 3.8) is 0 Å². The number of ether oxygens (including phenoxy) is 1. The molecular formula is C20H21FN2O3. The molecule has 2 amide bonds. The lowest BCUT2D eigenvalue weighted by molar-refractivity contribution is 0.0543. The summed E-state index contributed by atoms with van der Waals surface area (Å²) in [5.74, 6) is -0.474. The molecule has 0 aromatic heterocycles. The Kier molecular flexibility index (Phi) is 5.51. The van der Waals surface area contributed by atoms with Crippen molar-refractivity contribution in [3.05, 3.63) is 71.0 Å². The van der Waals surface area contributed by atoms with Crippen molar-refractivity contribution >= 4 is 12.0 Å². The number of carbonyl (C=O) groups excluding carboxylic acids is 2. The van der Waals surface area contributed by atoms with Gasteiger partial charge in [-0.1, -0.05) is 30.3 Å². The average molecular weight is 356 g/mol. The minimum Gasteiger partial charge on any atom is -0.445 e. The molecule has 6 heteroatoms. The molecule has 136 valence electrons. The first-order valence-electron chi connectivity index (χ1n) is 8.55. The summed E-state index contributed by atoms with van der Waals surface area (Å²) < 4.78 is 18.7. The van der Waals surface area contributed by atoms with E-state index in [1.165, 1.54) is 12.1 Å². The maximum Gasteiger partial charge on any atom is 0.410 e. The molecule has 2 aromatic carbocycles. The van der Waals surface area contributed by atoms with E-state index in [2.05, 4.69) is 0 Å². The monoisotopic (exact) mass is 356 g/mol. The second-order valence-electron chi connectivity index (χ2n) is 6.28. The summed E-state index contributed by atoms with van der Waals surface area (Å²) in [6.45, 7) is 3.55. The Hall–Kier alpha value is -2.89. The van der Waals surface area contributed by atoms with Gasteiger partial charge in [0.1, 0.15) is 12.4 Å². The Morgan fingerprint density at radius 3 is 2.31 bits per heavy atom. The van der Waals surface area contributed by atoms with Gasteiger partial charge in [-0.3, -0.25) is 4.79 Å². The first-order chi connectivity index (χ1) is 12.5. The van der Waals surface area contributed by atoms with Crippen LogP contribution in [0.5, 0.6) is 0 Å². The van der Waals surface area contributed by atoms with Crippen LogP contribution in [0.2, 0.25) is 0 Å². The predicted molar refractivity (Wildman–Crippen MR) is 95.2 cm³/mol. The molecule has 0 aliphatic carbocycles. The van der Waals surface area contributed by atoms with E-state index in [4.69, 9.17) is 4.74 Å². The fourth-order valence-electron chi connectivity index (χ4n) is 2.86. The largest absolute Gasteiger partial charge is 0.445 e. The number of piperazine rings is 1. The standard InChI is InChI=1S/C20H21FN2O3/c1-15-13-17(7-8-18(15)21)19(24)22-9-11-23(12-10-22)20(25)26-14-16-5-3-2-4-6-16/h2-8,13H,9-12,14H2,1H3. The first kappa shape index (κ1) is 17.9. The van der Waals surface area contributed by atoms with Crippen LogP contribution >= 0.6 is 0 Å². The van der Waals surface area contributed by atoms with E-state index < -0.39 is 0 Å². The zero-order chi connectivity index (χ0) is 18.5. The fourth-order valence-corrected chi connectivity index (χ4v) is 2.86. The van der Waals surface area contributed by atoms with Gasteiger partial charge in [0.2, 0.25) is 0 Å². The second-order valence-corrected chi connectivity index (χ2v) is 6.28. The fraction of sp³-hybridized carbons (Fsp3) is 0.300. The van der Waals surface area contributed by atoms with Gasteiger partial charge in [-0.2, -0.15) is 0 Å². The summed E-state index contributed by atoms with van der Waals surface area (Å²) in [5.41, 5.74) is 1.84. The van der Waals surface area contributed by atoms with E-state index in [1.807, 2.05) is 30.3 Å². The lowest BCUT2D eigenvalue weighted by atomic mass is 10.1. The van der Waals surface area contributed by atoms with E-state index in [9.17, 15) is 14.0 Å². The van der Waals surface area contributed by atoms with Crippen molar-refractivity contribution in [2.24, 2.45) is 0 Å². The molecule has 2 aromatic rings. The van der Waals surface area contributed by atoms with E-state index in [0.717, 1.165) is 5.56 Å². The van der Waals surface area contributed by atoms with Gasteiger partial charge in [-0.05, 0) is 36.2 Å². The van der Waals surface area contributed by atoms with Gasteiger partial charge in [0, 0.05) is 31.7 Å². The minimum absolute atomic E-state index is 0.148. The molecular weight excluding hydrogens is 335 g/mol. The number of hydrogen-bond donors (Lipinski definition) is 0. The number of hydrogen-bond acceptors (Lipinski definition) is 3. The number of nitrogens with zero attached hydrogens (tertiary/aromatic N) is 2. The number of benzene rings is 2. The zero-order valence-electron chi connectivity index (χ0n) is 14.7. The number of rotatable bonds is 3. The van der Waals surface area contributed by atoms with E-state index >= 15 is 0 Å². The van der Waals surface area contributed by atoms with Gasteiger partial charge in [0.25, 0.3) is 5.91 Å². The van der Waals surface area contributed by atoms with Crippen molar-refractivity contribution in [2.75, 3.05) is 26.2 Å². The molecule has 1 heterocycles. The molecule has 1 aliphatic heterocycles. The van der Waals surface area contributed by atoms with Crippen LogP contribution in [0.1, 0.15) is 21.5 Å².